The first-order valence-electron chi connectivity index (χ1n) is 6.78. The molecule has 0 aromatic rings. The molecule has 0 spiro atoms. The van der Waals surface area contributed by atoms with Crippen LogP contribution in [0.4, 0.5) is 0 Å². The molecule has 0 bridgehead atoms. The van der Waals surface area contributed by atoms with Crippen molar-refractivity contribution in [3.05, 3.63) is 0 Å². The third-order valence-corrected chi connectivity index (χ3v) is 3.88. The standard InChI is InChI=1S/C14H27NO4/c1-9(2)11(6-7-16)15-12(17)8-14(5,10(3)4)13(18)19/h9-11,16H,6-8H2,1-5H3,(H,15,17)(H,18,19). The summed E-state index contributed by atoms with van der Waals surface area (Å²) in [5.41, 5.74) is -1.06. The summed E-state index contributed by atoms with van der Waals surface area (Å²) in [5, 5.41) is 21.1. The van der Waals surface area contributed by atoms with Gasteiger partial charge in [-0.3, -0.25) is 9.59 Å². The number of aliphatic hydroxyl groups is 1. The van der Waals surface area contributed by atoms with Gasteiger partial charge < -0.3 is 15.5 Å². The predicted octanol–water partition coefficient (Wildman–Crippen LogP) is 1.65. The third-order valence-electron chi connectivity index (χ3n) is 3.88. The second-order valence-corrected chi connectivity index (χ2v) is 5.98. The first-order valence-corrected chi connectivity index (χ1v) is 6.78. The molecule has 5 nitrogen and oxygen atoms in total. The number of carboxylic acids is 1. The molecule has 2 unspecified atom stereocenters. The number of hydrogen-bond donors (Lipinski definition) is 3. The fourth-order valence-electron chi connectivity index (χ4n) is 1.83. The van der Waals surface area contributed by atoms with E-state index in [1.54, 1.807) is 20.8 Å². The maximum Gasteiger partial charge on any atom is 0.310 e. The molecular formula is C14H27NO4. The van der Waals surface area contributed by atoms with Crippen LogP contribution in [0.5, 0.6) is 0 Å². The van der Waals surface area contributed by atoms with Crippen molar-refractivity contribution in [3.63, 3.8) is 0 Å². The summed E-state index contributed by atoms with van der Waals surface area (Å²) in [4.78, 5) is 23.3. The molecule has 0 heterocycles. The van der Waals surface area contributed by atoms with Gasteiger partial charge in [0.2, 0.25) is 5.91 Å². The summed E-state index contributed by atoms with van der Waals surface area (Å²) < 4.78 is 0. The minimum atomic E-state index is -1.06. The van der Waals surface area contributed by atoms with Crippen LogP contribution in [0.1, 0.15) is 47.5 Å². The highest BCUT2D eigenvalue weighted by Crippen LogP contribution is 2.31. The Hall–Kier alpha value is -1.10. The van der Waals surface area contributed by atoms with Crippen molar-refractivity contribution < 1.29 is 19.8 Å². The zero-order valence-electron chi connectivity index (χ0n) is 12.6. The Balaban J connectivity index is 4.71. The van der Waals surface area contributed by atoms with E-state index in [0.717, 1.165) is 0 Å². The van der Waals surface area contributed by atoms with E-state index < -0.39 is 11.4 Å². The zero-order chi connectivity index (χ0) is 15.2. The number of carbonyl (C=O) groups excluding carboxylic acids is 1. The van der Waals surface area contributed by atoms with E-state index in [1.165, 1.54) is 0 Å². The number of carbonyl (C=O) groups is 2. The molecule has 2 atom stereocenters. The molecule has 5 heteroatoms. The largest absolute Gasteiger partial charge is 0.481 e. The second kappa shape index (κ2) is 7.48. The van der Waals surface area contributed by atoms with Crippen LogP contribution >= 0.6 is 0 Å². The van der Waals surface area contributed by atoms with Crippen LogP contribution < -0.4 is 5.32 Å². The van der Waals surface area contributed by atoms with Crippen LogP contribution in [0, 0.1) is 17.3 Å². The van der Waals surface area contributed by atoms with Gasteiger partial charge in [0.1, 0.15) is 0 Å². The van der Waals surface area contributed by atoms with E-state index in [-0.39, 0.29) is 36.8 Å². The van der Waals surface area contributed by atoms with Crippen molar-refractivity contribution >= 4 is 11.9 Å². The fourth-order valence-corrected chi connectivity index (χ4v) is 1.83. The Bertz CT molecular complexity index is 315. The van der Waals surface area contributed by atoms with Crippen molar-refractivity contribution in [2.24, 2.45) is 17.3 Å². The maximum absolute atomic E-state index is 12.0. The van der Waals surface area contributed by atoms with Gasteiger partial charge in [-0.2, -0.15) is 0 Å². The average Bonchev–Trinajstić information content (AvgIpc) is 2.27. The first-order chi connectivity index (χ1) is 8.65. The SMILES string of the molecule is CC(C)C(CCO)NC(=O)CC(C)(C(=O)O)C(C)C. The highest BCUT2D eigenvalue weighted by molar-refractivity contribution is 5.85. The van der Waals surface area contributed by atoms with Crippen LogP contribution in [0.2, 0.25) is 0 Å². The lowest BCUT2D eigenvalue weighted by Gasteiger charge is -2.30. The van der Waals surface area contributed by atoms with Gasteiger partial charge in [-0.25, -0.2) is 0 Å². The van der Waals surface area contributed by atoms with Crippen LogP contribution in [0.25, 0.3) is 0 Å². The number of hydrogen-bond acceptors (Lipinski definition) is 3. The normalized spacial score (nSPS) is 16.2. The third kappa shape index (κ3) is 5.19. The highest BCUT2D eigenvalue weighted by atomic mass is 16.4. The molecule has 112 valence electrons. The van der Waals surface area contributed by atoms with E-state index in [0.29, 0.717) is 6.42 Å². The summed E-state index contributed by atoms with van der Waals surface area (Å²) in [5.74, 6) is -1.16. The molecule has 0 aliphatic heterocycles. The molecule has 0 aliphatic carbocycles. The Morgan fingerprint density at radius 1 is 1.21 bits per heavy atom. The van der Waals surface area contributed by atoms with Crippen LogP contribution in [0.3, 0.4) is 0 Å². The molecule has 0 aromatic carbocycles. The fraction of sp³-hybridized carbons (Fsp3) is 0.857. The summed E-state index contributed by atoms with van der Waals surface area (Å²) in [7, 11) is 0. The Morgan fingerprint density at radius 2 is 1.74 bits per heavy atom. The zero-order valence-corrected chi connectivity index (χ0v) is 12.6. The minimum absolute atomic E-state index is 0.00348. The van der Waals surface area contributed by atoms with Gasteiger partial charge in [0.25, 0.3) is 0 Å². The van der Waals surface area contributed by atoms with E-state index >= 15 is 0 Å². The summed E-state index contributed by atoms with van der Waals surface area (Å²) in [6, 6.07) is -0.122. The molecular weight excluding hydrogens is 246 g/mol. The number of amides is 1. The van der Waals surface area contributed by atoms with Crippen molar-refractivity contribution in [2.75, 3.05) is 6.61 Å². The number of rotatable bonds is 8. The molecule has 0 fully saturated rings. The summed E-state index contributed by atoms with van der Waals surface area (Å²) in [6.45, 7) is 9.11. The number of aliphatic hydroxyl groups excluding tert-OH is 1. The lowest BCUT2D eigenvalue weighted by molar-refractivity contribution is -0.153. The van der Waals surface area contributed by atoms with Gasteiger partial charge in [0, 0.05) is 19.1 Å². The van der Waals surface area contributed by atoms with Gasteiger partial charge in [-0.1, -0.05) is 27.7 Å². The number of nitrogens with one attached hydrogen (secondary N) is 1. The minimum Gasteiger partial charge on any atom is -0.481 e. The Morgan fingerprint density at radius 3 is 2.05 bits per heavy atom. The maximum atomic E-state index is 12.0. The highest BCUT2D eigenvalue weighted by Gasteiger charge is 2.39. The number of carboxylic acid groups (broad SMARTS) is 1. The summed E-state index contributed by atoms with van der Waals surface area (Å²) in [6.07, 6.45) is 0.434. The topological polar surface area (TPSA) is 86.6 Å². The predicted molar refractivity (Wildman–Crippen MR) is 73.7 cm³/mol. The van der Waals surface area contributed by atoms with Crippen molar-refractivity contribution in [2.45, 2.75) is 53.5 Å². The lowest BCUT2D eigenvalue weighted by Crippen LogP contribution is -2.44. The molecule has 0 saturated heterocycles. The molecule has 1 amide bonds. The monoisotopic (exact) mass is 273 g/mol. The number of aliphatic carboxylic acids is 1. The quantitative estimate of drug-likeness (QED) is 0.627. The summed E-state index contributed by atoms with van der Waals surface area (Å²) >= 11 is 0. The van der Waals surface area contributed by atoms with E-state index in [4.69, 9.17) is 5.11 Å². The smallest absolute Gasteiger partial charge is 0.310 e. The van der Waals surface area contributed by atoms with E-state index in [9.17, 15) is 14.7 Å². The van der Waals surface area contributed by atoms with Gasteiger partial charge in [-0.15, -0.1) is 0 Å². The molecule has 0 radical (unpaired) electrons. The Labute approximate surface area is 115 Å². The van der Waals surface area contributed by atoms with Crippen molar-refractivity contribution in [1.29, 1.82) is 0 Å². The van der Waals surface area contributed by atoms with Gasteiger partial charge in [-0.05, 0) is 25.2 Å². The van der Waals surface area contributed by atoms with Gasteiger partial charge in [0.05, 0.1) is 5.41 Å². The van der Waals surface area contributed by atoms with Gasteiger partial charge >= 0.3 is 5.97 Å². The molecule has 0 aromatic heterocycles. The van der Waals surface area contributed by atoms with Crippen molar-refractivity contribution in [1.82, 2.24) is 5.32 Å². The van der Waals surface area contributed by atoms with Crippen LogP contribution in [-0.2, 0) is 9.59 Å². The molecule has 0 aliphatic rings. The second-order valence-electron chi connectivity index (χ2n) is 5.98. The van der Waals surface area contributed by atoms with Crippen molar-refractivity contribution in [3.8, 4) is 0 Å². The lowest BCUT2D eigenvalue weighted by atomic mass is 9.76. The molecule has 0 rings (SSSR count). The Kier molecular flexibility index (Phi) is 7.05. The first kappa shape index (κ1) is 17.9. The molecule has 19 heavy (non-hydrogen) atoms. The molecule has 0 saturated carbocycles. The molecule has 3 N–H and O–H groups in total. The van der Waals surface area contributed by atoms with Crippen LogP contribution in [0.15, 0.2) is 0 Å². The van der Waals surface area contributed by atoms with Gasteiger partial charge in [0.15, 0.2) is 0 Å². The van der Waals surface area contributed by atoms with E-state index in [2.05, 4.69) is 5.32 Å². The average molecular weight is 273 g/mol. The van der Waals surface area contributed by atoms with Crippen LogP contribution in [-0.4, -0.2) is 34.7 Å². The van der Waals surface area contributed by atoms with E-state index in [1.807, 2.05) is 13.8 Å².